The van der Waals surface area contributed by atoms with Gasteiger partial charge >= 0.3 is 0 Å². The van der Waals surface area contributed by atoms with E-state index in [9.17, 15) is 14.9 Å². The fraction of sp³-hybridized carbons (Fsp3) is 0.125. The first-order chi connectivity index (χ1) is 6.02. The van der Waals surface area contributed by atoms with Crippen molar-refractivity contribution >= 4 is 5.91 Å². The molecule has 0 radical (unpaired) electrons. The summed E-state index contributed by atoms with van der Waals surface area (Å²) >= 11 is 0. The van der Waals surface area contributed by atoms with Crippen LogP contribution in [0.4, 0.5) is 0 Å². The molecular formula is C8H8N2O3. The third-order valence-electron chi connectivity index (χ3n) is 1.67. The van der Waals surface area contributed by atoms with Gasteiger partial charge in [-0.2, -0.15) is 0 Å². The summed E-state index contributed by atoms with van der Waals surface area (Å²) in [6.07, 6.45) is 4.15. The van der Waals surface area contributed by atoms with Gasteiger partial charge in [0.25, 0.3) is 5.70 Å². The first-order valence-corrected chi connectivity index (χ1v) is 3.55. The lowest BCUT2D eigenvalue weighted by Crippen LogP contribution is -2.27. The molecule has 0 aromatic heterocycles. The normalized spacial score (nSPS) is 21.1. The maximum absolute atomic E-state index is 10.8. The second-order valence-corrected chi connectivity index (χ2v) is 2.64. The Morgan fingerprint density at radius 3 is 2.77 bits per heavy atom. The fourth-order valence-corrected chi connectivity index (χ4v) is 1.05. The molecule has 1 amide bonds. The van der Waals surface area contributed by atoms with Crippen LogP contribution in [0.25, 0.3) is 0 Å². The van der Waals surface area contributed by atoms with Gasteiger partial charge in [-0.1, -0.05) is 18.7 Å². The van der Waals surface area contributed by atoms with Crippen molar-refractivity contribution in [2.75, 3.05) is 0 Å². The molecule has 0 fully saturated rings. The molecule has 0 aliphatic heterocycles. The highest BCUT2D eigenvalue weighted by molar-refractivity contribution is 5.82. The zero-order chi connectivity index (χ0) is 10.0. The summed E-state index contributed by atoms with van der Waals surface area (Å²) in [5.41, 5.74) is 5.24. The number of primary amides is 1. The smallest absolute Gasteiger partial charge is 0.263 e. The van der Waals surface area contributed by atoms with Crippen LogP contribution < -0.4 is 5.73 Å². The van der Waals surface area contributed by atoms with Crippen molar-refractivity contribution in [1.82, 2.24) is 0 Å². The van der Waals surface area contributed by atoms with Gasteiger partial charge in [0, 0.05) is 6.08 Å². The standard InChI is InChI=1S/C8H8N2O3/c1-5-2-3-6(8(9)11)7(4-5)10(12)13/h2-4,6H,1H2,(H2,9,11). The van der Waals surface area contributed by atoms with Gasteiger partial charge in [0.15, 0.2) is 0 Å². The summed E-state index contributed by atoms with van der Waals surface area (Å²) in [6, 6.07) is 0. The van der Waals surface area contributed by atoms with Crippen molar-refractivity contribution in [1.29, 1.82) is 0 Å². The molecule has 0 bridgehead atoms. The maximum atomic E-state index is 10.8. The van der Waals surface area contributed by atoms with Gasteiger partial charge in [-0.25, -0.2) is 0 Å². The van der Waals surface area contributed by atoms with Gasteiger partial charge in [-0.15, -0.1) is 0 Å². The highest BCUT2D eigenvalue weighted by Crippen LogP contribution is 2.20. The summed E-state index contributed by atoms with van der Waals surface area (Å²) in [6.45, 7) is 3.52. The van der Waals surface area contributed by atoms with Crippen LogP contribution >= 0.6 is 0 Å². The van der Waals surface area contributed by atoms with E-state index in [1.807, 2.05) is 0 Å². The maximum Gasteiger partial charge on any atom is 0.263 e. The second kappa shape index (κ2) is 3.22. The number of allylic oxidation sites excluding steroid dienone is 3. The van der Waals surface area contributed by atoms with Gasteiger partial charge in [-0.3, -0.25) is 14.9 Å². The predicted octanol–water partition coefficient (Wildman–Crippen LogP) is 0.375. The number of nitrogens with two attached hydrogens (primary N) is 1. The largest absolute Gasteiger partial charge is 0.369 e. The minimum atomic E-state index is -0.944. The van der Waals surface area contributed by atoms with E-state index in [2.05, 4.69) is 6.58 Å². The molecule has 0 saturated carbocycles. The number of nitrogens with zero attached hydrogens (tertiary/aromatic N) is 1. The van der Waals surface area contributed by atoms with E-state index in [1.165, 1.54) is 18.2 Å². The predicted molar refractivity (Wildman–Crippen MR) is 46.0 cm³/mol. The summed E-state index contributed by atoms with van der Waals surface area (Å²) in [5.74, 6) is -1.67. The molecule has 1 rings (SSSR count). The van der Waals surface area contributed by atoms with Gasteiger partial charge in [0.05, 0.1) is 4.92 Å². The second-order valence-electron chi connectivity index (χ2n) is 2.64. The third kappa shape index (κ3) is 1.81. The van der Waals surface area contributed by atoms with Crippen molar-refractivity contribution in [3.63, 3.8) is 0 Å². The van der Waals surface area contributed by atoms with E-state index in [4.69, 9.17) is 5.73 Å². The van der Waals surface area contributed by atoms with E-state index in [0.717, 1.165) is 0 Å². The Bertz CT molecular complexity index is 341. The average Bonchev–Trinajstić information content (AvgIpc) is 2.03. The molecule has 68 valence electrons. The molecule has 0 aromatic carbocycles. The highest BCUT2D eigenvalue weighted by atomic mass is 16.6. The Morgan fingerprint density at radius 1 is 1.69 bits per heavy atom. The SMILES string of the molecule is C=C1C=CC(C(N)=O)C([N+](=O)[O-])=C1. The third-order valence-corrected chi connectivity index (χ3v) is 1.67. The van der Waals surface area contributed by atoms with Crippen LogP contribution in [0.1, 0.15) is 0 Å². The zero-order valence-corrected chi connectivity index (χ0v) is 6.77. The number of rotatable bonds is 2. The van der Waals surface area contributed by atoms with E-state index in [0.29, 0.717) is 5.57 Å². The number of carbonyl (C=O) groups is 1. The topological polar surface area (TPSA) is 86.2 Å². The quantitative estimate of drug-likeness (QED) is 0.492. The van der Waals surface area contributed by atoms with Crippen LogP contribution in [0, 0.1) is 16.0 Å². The minimum absolute atomic E-state index is 0.222. The van der Waals surface area contributed by atoms with Crippen LogP contribution in [0.15, 0.2) is 36.1 Å². The van der Waals surface area contributed by atoms with Gasteiger partial charge in [0.1, 0.15) is 5.92 Å². The molecule has 0 saturated heterocycles. The zero-order valence-electron chi connectivity index (χ0n) is 6.77. The van der Waals surface area contributed by atoms with E-state index >= 15 is 0 Å². The van der Waals surface area contributed by atoms with Crippen molar-refractivity contribution in [3.05, 3.63) is 46.2 Å². The molecule has 0 heterocycles. The summed E-state index contributed by atoms with van der Waals surface area (Å²) in [7, 11) is 0. The van der Waals surface area contributed by atoms with Crippen LogP contribution in [0.2, 0.25) is 0 Å². The Labute approximate surface area is 74.4 Å². The van der Waals surface area contributed by atoms with Gasteiger partial charge in [0.2, 0.25) is 5.91 Å². The van der Waals surface area contributed by atoms with Gasteiger partial charge < -0.3 is 5.73 Å². The van der Waals surface area contributed by atoms with Crippen LogP contribution in [-0.2, 0) is 4.79 Å². The molecule has 5 heteroatoms. The minimum Gasteiger partial charge on any atom is -0.369 e. The first-order valence-electron chi connectivity index (χ1n) is 3.55. The van der Waals surface area contributed by atoms with Crippen molar-refractivity contribution < 1.29 is 9.72 Å². The lowest BCUT2D eigenvalue weighted by Gasteiger charge is -2.09. The van der Waals surface area contributed by atoms with E-state index in [1.54, 1.807) is 0 Å². The molecule has 2 N–H and O–H groups in total. The van der Waals surface area contributed by atoms with Crippen molar-refractivity contribution in [2.45, 2.75) is 0 Å². The number of nitro groups is 1. The molecule has 0 aromatic rings. The Balaban J connectivity index is 3.05. The summed E-state index contributed by atoms with van der Waals surface area (Å²) in [5, 5.41) is 10.5. The lowest BCUT2D eigenvalue weighted by molar-refractivity contribution is -0.430. The summed E-state index contributed by atoms with van der Waals surface area (Å²) in [4.78, 5) is 20.6. The number of hydrogen-bond donors (Lipinski definition) is 1. The molecule has 1 aliphatic rings. The van der Waals surface area contributed by atoms with E-state index < -0.39 is 16.7 Å². The van der Waals surface area contributed by atoms with E-state index in [-0.39, 0.29) is 5.70 Å². The molecule has 1 atom stereocenters. The Kier molecular flexibility index (Phi) is 2.27. The Morgan fingerprint density at radius 2 is 2.31 bits per heavy atom. The number of amides is 1. The lowest BCUT2D eigenvalue weighted by atomic mass is 9.97. The molecule has 13 heavy (non-hydrogen) atoms. The number of carbonyl (C=O) groups excluding carboxylic acids is 1. The monoisotopic (exact) mass is 180 g/mol. The average molecular weight is 180 g/mol. The molecule has 1 unspecified atom stereocenters. The van der Waals surface area contributed by atoms with Crippen LogP contribution in [0.5, 0.6) is 0 Å². The number of hydrogen-bond acceptors (Lipinski definition) is 3. The Hall–Kier alpha value is -1.91. The van der Waals surface area contributed by atoms with Gasteiger partial charge in [-0.05, 0) is 5.57 Å². The summed E-state index contributed by atoms with van der Waals surface area (Å²) < 4.78 is 0. The van der Waals surface area contributed by atoms with Crippen LogP contribution in [0.3, 0.4) is 0 Å². The van der Waals surface area contributed by atoms with Crippen LogP contribution in [-0.4, -0.2) is 10.8 Å². The first kappa shape index (κ1) is 9.18. The van der Waals surface area contributed by atoms with Crippen molar-refractivity contribution in [2.24, 2.45) is 11.7 Å². The molecule has 1 aliphatic carbocycles. The molecular weight excluding hydrogens is 172 g/mol. The highest BCUT2D eigenvalue weighted by Gasteiger charge is 2.29. The molecule has 5 nitrogen and oxygen atoms in total. The molecule has 0 spiro atoms. The fourth-order valence-electron chi connectivity index (χ4n) is 1.05. The van der Waals surface area contributed by atoms with Crippen molar-refractivity contribution in [3.8, 4) is 0 Å².